The molecule has 2 unspecified atom stereocenters. The molecule has 0 aromatic heterocycles. The number of nitrogens with one attached hydrogen (secondary N) is 1. The van der Waals surface area contributed by atoms with Gasteiger partial charge in [-0.3, -0.25) is 0 Å². The average molecular weight is 281 g/mol. The Morgan fingerprint density at radius 2 is 2.00 bits per heavy atom. The standard InChI is InChI=1S/C11H20N2O2S.ClH/c1-2-3-8-16(14,15)13-10-4-5-11(13)9-12-7-6-10;/h2,10-12H,1,3-9H2;1H. The summed E-state index contributed by atoms with van der Waals surface area (Å²) in [7, 11) is -3.08. The normalized spacial score (nSPS) is 29.4. The molecule has 2 aliphatic heterocycles. The van der Waals surface area contributed by atoms with Gasteiger partial charge in [-0.05, 0) is 32.2 Å². The van der Waals surface area contributed by atoms with Crippen molar-refractivity contribution in [2.75, 3.05) is 18.8 Å². The first-order valence-electron chi connectivity index (χ1n) is 5.98. The van der Waals surface area contributed by atoms with E-state index in [1.165, 1.54) is 0 Å². The van der Waals surface area contributed by atoms with Crippen LogP contribution in [0.1, 0.15) is 25.7 Å². The van der Waals surface area contributed by atoms with E-state index in [2.05, 4.69) is 11.9 Å². The van der Waals surface area contributed by atoms with E-state index in [9.17, 15) is 8.42 Å². The molecule has 2 fully saturated rings. The van der Waals surface area contributed by atoms with Crippen molar-refractivity contribution in [2.24, 2.45) is 0 Å². The fourth-order valence-corrected chi connectivity index (χ4v) is 4.70. The van der Waals surface area contributed by atoms with Crippen molar-refractivity contribution in [3.8, 4) is 0 Å². The lowest BCUT2D eigenvalue weighted by Crippen LogP contribution is -2.43. The second-order valence-electron chi connectivity index (χ2n) is 4.60. The zero-order valence-electron chi connectivity index (χ0n) is 9.97. The number of hydrogen-bond donors (Lipinski definition) is 1. The highest BCUT2D eigenvalue weighted by Gasteiger charge is 2.41. The summed E-state index contributed by atoms with van der Waals surface area (Å²) in [6.07, 6.45) is 5.20. The largest absolute Gasteiger partial charge is 0.315 e. The van der Waals surface area contributed by atoms with Crippen LogP contribution >= 0.6 is 12.4 Å². The van der Waals surface area contributed by atoms with Crippen molar-refractivity contribution in [3.63, 3.8) is 0 Å². The fraction of sp³-hybridized carbons (Fsp3) is 0.818. The molecule has 2 aliphatic rings. The Kier molecular flexibility index (Phi) is 5.44. The Hall–Kier alpha value is -0.100. The highest BCUT2D eigenvalue weighted by Crippen LogP contribution is 2.31. The van der Waals surface area contributed by atoms with E-state index in [0.29, 0.717) is 6.42 Å². The van der Waals surface area contributed by atoms with E-state index in [4.69, 9.17) is 0 Å². The third-order valence-electron chi connectivity index (χ3n) is 3.49. The van der Waals surface area contributed by atoms with Crippen LogP contribution in [0.15, 0.2) is 12.7 Å². The quantitative estimate of drug-likeness (QED) is 0.786. The maximum atomic E-state index is 12.2. The molecule has 2 heterocycles. The van der Waals surface area contributed by atoms with Crippen LogP contribution in [-0.4, -0.2) is 43.6 Å². The van der Waals surface area contributed by atoms with Gasteiger partial charge in [-0.15, -0.1) is 19.0 Å². The molecule has 6 heteroatoms. The topological polar surface area (TPSA) is 49.4 Å². The van der Waals surface area contributed by atoms with Crippen LogP contribution in [0.2, 0.25) is 0 Å². The van der Waals surface area contributed by atoms with Crippen LogP contribution in [0.3, 0.4) is 0 Å². The summed E-state index contributed by atoms with van der Waals surface area (Å²) < 4.78 is 26.2. The van der Waals surface area contributed by atoms with Crippen LogP contribution in [0, 0.1) is 0 Å². The van der Waals surface area contributed by atoms with Gasteiger partial charge >= 0.3 is 0 Å². The average Bonchev–Trinajstić information content (AvgIpc) is 2.50. The van der Waals surface area contributed by atoms with Crippen LogP contribution in [0.4, 0.5) is 0 Å². The van der Waals surface area contributed by atoms with Crippen molar-refractivity contribution in [3.05, 3.63) is 12.7 Å². The van der Waals surface area contributed by atoms with Crippen molar-refractivity contribution < 1.29 is 8.42 Å². The summed E-state index contributed by atoms with van der Waals surface area (Å²) in [6, 6.07) is 0.414. The minimum Gasteiger partial charge on any atom is -0.315 e. The van der Waals surface area contributed by atoms with Crippen molar-refractivity contribution in [1.29, 1.82) is 0 Å². The van der Waals surface area contributed by atoms with Gasteiger partial charge in [0.15, 0.2) is 0 Å². The zero-order chi connectivity index (χ0) is 11.6. The second-order valence-corrected chi connectivity index (χ2v) is 6.59. The molecule has 2 atom stereocenters. The van der Waals surface area contributed by atoms with E-state index < -0.39 is 10.0 Å². The molecule has 0 aliphatic carbocycles. The number of rotatable bonds is 4. The molecule has 100 valence electrons. The Labute approximate surface area is 110 Å². The number of halogens is 1. The highest BCUT2D eigenvalue weighted by molar-refractivity contribution is 7.89. The van der Waals surface area contributed by atoms with Crippen LogP contribution < -0.4 is 5.32 Å². The second kappa shape index (κ2) is 6.18. The minimum absolute atomic E-state index is 0. The van der Waals surface area contributed by atoms with Crippen molar-refractivity contribution >= 4 is 22.4 Å². The van der Waals surface area contributed by atoms with Gasteiger partial charge in [0.1, 0.15) is 0 Å². The first kappa shape index (κ1) is 15.0. The maximum absolute atomic E-state index is 12.2. The molecule has 0 amide bonds. The van der Waals surface area contributed by atoms with Crippen LogP contribution in [0.5, 0.6) is 0 Å². The Morgan fingerprint density at radius 3 is 2.71 bits per heavy atom. The zero-order valence-corrected chi connectivity index (χ0v) is 11.6. The summed E-state index contributed by atoms with van der Waals surface area (Å²) in [6.45, 7) is 5.33. The van der Waals surface area contributed by atoms with Gasteiger partial charge in [-0.25, -0.2) is 8.42 Å². The Balaban J connectivity index is 0.00000144. The smallest absolute Gasteiger partial charge is 0.214 e. The van der Waals surface area contributed by atoms with Crippen molar-refractivity contribution in [1.82, 2.24) is 9.62 Å². The lowest BCUT2D eigenvalue weighted by Gasteiger charge is -2.26. The summed E-state index contributed by atoms with van der Waals surface area (Å²) in [5, 5.41) is 3.31. The molecule has 2 rings (SSSR count). The van der Waals surface area contributed by atoms with Gasteiger partial charge < -0.3 is 5.32 Å². The molecule has 0 aromatic rings. The molecule has 4 nitrogen and oxygen atoms in total. The molecule has 17 heavy (non-hydrogen) atoms. The number of sulfonamides is 1. The van der Waals surface area contributed by atoms with Crippen molar-refractivity contribution in [2.45, 2.75) is 37.8 Å². The third kappa shape index (κ3) is 3.22. The molecular formula is C11H21ClN2O2S. The SMILES string of the molecule is C=CCCS(=O)(=O)N1C2CCNCC1CC2.Cl. The highest BCUT2D eigenvalue weighted by atomic mass is 35.5. The number of nitrogens with zero attached hydrogens (tertiary/aromatic N) is 1. The monoisotopic (exact) mass is 280 g/mol. The number of hydrogen-bond acceptors (Lipinski definition) is 3. The Morgan fingerprint density at radius 1 is 1.29 bits per heavy atom. The molecule has 2 bridgehead atoms. The van der Waals surface area contributed by atoms with E-state index in [-0.39, 0.29) is 30.2 Å². The van der Waals surface area contributed by atoms with Gasteiger partial charge in [0.2, 0.25) is 10.0 Å². The summed E-state index contributed by atoms with van der Waals surface area (Å²) >= 11 is 0. The maximum Gasteiger partial charge on any atom is 0.214 e. The summed E-state index contributed by atoms with van der Waals surface area (Å²) in [5.41, 5.74) is 0. The van der Waals surface area contributed by atoms with Gasteiger partial charge in [0.25, 0.3) is 0 Å². The first-order valence-corrected chi connectivity index (χ1v) is 7.59. The molecule has 2 saturated heterocycles. The van der Waals surface area contributed by atoms with Crippen LogP contribution in [-0.2, 0) is 10.0 Å². The van der Waals surface area contributed by atoms with Gasteiger partial charge in [-0.2, -0.15) is 4.31 Å². The van der Waals surface area contributed by atoms with E-state index >= 15 is 0 Å². The van der Waals surface area contributed by atoms with Gasteiger partial charge in [0, 0.05) is 18.6 Å². The molecule has 0 spiro atoms. The Bertz CT molecular complexity index is 344. The predicted molar refractivity (Wildman–Crippen MR) is 72.0 cm³/mol. The van der Waals surface area contributed by atoms with E-state index in [1.807, 2.05) is 0 Å². The minimum atomic E-state index is -3.08. The van der Waals surface area contributed by atoms with E-state index in [1.54, 1.807) is 10.4 Å². The molecular weight excluding hydrogens is 260 g/mol. The summed E-state index contributed by atoms with van der Waals surface area (Å²) in [5.74, 6) is 0.212. The molecule has 0 saturated carbocycles. The molecule has 0 radical (unpaired) electrons. The third-order valence-corrected chi connectivity index (χ3v) is 5.48. The van der Waals surface area contributed by atoms with Crippen LogP contribution in [0.25, 0.3) is 0 Å². The first-order chi connectivity index (χ1) is 7.65. The lowest BCUT2D eigenvalue weighted by molar-refractivity contribution is 0.334. The molecule has 1 N–H and O–H groups in total. The number of fused-ring (bicyclic) bond motifs is 2. The number of allylic oxidation sites excluding steroid dienone is 1. The lowest BCUT2D eigenvalue weighted by atomic mass is 10.1. The van der Waals surface area contributed by atoms with Gasteiger partial charge in [0.05, 0.1) is 5.75 Å². The fourth-order valence-electron chi connectivity index (χ4n) is 2.73. The molecule has 0 aromatic carbocycles. The van der Waals surface area contributed by atoms with E-state index in [0.717, 1.165) is 32.4 Å². The predicted octanol–water partition coefficient (Wildman–Crippen LogP) is 1.14. The van der Waals surface area contributed by atoms with Gasteiger partial charge in [-0.1, -0.05) is 6.08 Å². The summed E-state index contributed by atoms with van der Waals surface area (Å²) in [4.78, 5) is 0.